The second kappa shape index (κ2) is 9.85. The van der Waals surface area contributed by atoms with E-state index in [1.165, 1.54) is 13.2 Å². The van der Waals surface area contributed by atoms with Gasteiger partial charge in [0.2, 0.25) is 0 Å². The zero-order valence-electron chi connectivity index (χ0n) is 16.9. The van der Waals surface area contributed by atoms with Gasteiger partial charge in [-0.1, -0.05) is 39.0 Å². The molecule has 1 aromatic rings. The molecule has 0 fully saturated rings. The maximum atomic E-state index is 11.2. The minimum atomic E-state index is -0.356. The van der Waals surface area contributed by atoms with Crippen LogP contribution in [0.3, 0.4) is 0 Å². The van der Waals surface area contributed by atoms with Gasteiger partial charge < -0.3 is 14.2 Å². The Kier molecular flexibility index (Phi) is 8.17. The Morgan fingerprint density at radius 1 is 1.15 bits per heavy atom. The molecule has 0 spiro atoms. The molecule has 0 bridgehead atoms. The van der Waals surface area contributed by atoms with Gasteiger partial charge in [-0.05, 0) is 48.6 Å². The largest absolute Gasteiger partial charge is 0.497 e. The third kappa shape index (κ3) is 7.18. The van der Waals surface area contributed by atoms with Crippen LogP contribution in [-0.4, -0.2) is 26.8 Å². The molecule has 0 aliphatic rings. The van der Waals surface area contributed by atoms with Crippen LogP contribution in [0.1, 0.15) is 40.2 Å². The van der Waals surface area contributed by atoms with Gasteiger partial charge in [-0.2, -0.15) is 0 Å². The molecule has 0 aromatic heterocycles. The van der Waals surface area contributed by atoms with Gasteiger partial charge in [0.1, 0.15) is 18.1 Å². The third-order valence-corrected chi connectivity index (χ3v) is 3.74. The zero-order chi connectivity index (χ0) is 19.7. The fourth-order valence-electron chi connectivity index (χ4n) is 2.24. The average Bonchev–Trinajstić information content (AvgIpc) is 2.58. The Balaban J connectivity index is 2.80. The first kappa shape index (κ1) is 21.6. The van der Waals surface area contributed by atoms with Crippen molar-refractivity contribution < 1.29 is 19.0 Å². The van der Waals surface area contributed by atoms with Crippen LogP contribution in [0.4, 0.5) is 0 Å². The summed E-state index contributed by atoms with van der Waals surface area (Å²) >= 11 is 0. The molecule has 0 N–H and O–H groups in total. The molecule has 0 aliphatic heterocycles. The Labute approximate surface area is 157 Å². The van der Waals surface area contributed by atoms with Gasteiger partial charge >= 0.3 is 5.97 Å². The minimum Gasteiger partial charge on any atom is -0.497 e. The summed E-state index contributed by atoms with van der Waals surface area (Å²) in [5, 5.41) is 0. The molecular formula is C22H30O4. The molecule has 0 unspecified atom stereocenters. The number of benzene rings is 1. The lowest BCUT2D eigenvalue weighted by molar-refractivity contribution is -0.134. The first-order valence-electron chi connectivity index (χ1n) is 8.58. The van der Waals surface area contributed by atoms with Crippen LogP contribution in [-0.2, 0) is 14.9 Å². The lowest BCUT2D eigenvalue weighted by atomic mass is 9.86. The lowest BCUT2D eigenvalue weighted by Gasteiger charge is -2.23. The van der Waals surface area contributed by atoms with Crippen molar-refractivity contribution in [1.82, 2.24) is 0 Å². The smallest absolute Gasteiger partial charge is 0.330 e. The van der Waals surface area contributed by atoms with Crippen LogP contribution >= 0.6 is 0 Å². The molecule has 4 heteroatoms. The second-order valence-electron chi connectivity index (χ2n) is 7.18. The van der Waals surface area contributed by atoms with E-state index in [9.17, 15) is 4.79 Å². The number of ether oxygens (including phenoxy) is 3. The molecule has 0 amide bonds. The highest BCUT2D eigenvalue weighted by Gasteiger charge is 2.20. The SMILES string of the molecule is COC(=O)/C=C(C)/C=C/C=C(\C)COc1ccc(OC)cc1C(C)(C)C. The van der Waals surface area contributed by atoms with Gasteiger partial charge in [0.25, 0.3) is 0 Å². The predicted molar refractivity (Wildman–Crippen MR) is 106 cm³/mol. The van der Waals surface area contributed by atoms with Gasteiger partial charge in [0, 0.05) is 11.6 Å². The van der Waals surface area contributed by atoms with Crippen molar-refractivity contribution in [2.45, 2.75) is 40.0 Å². The predicted octanol–water partition coefficient (Wildman–Crippen LogP) is 4.99. The highest BCUT2D eigenvalue weighted by molar-refractivity contribution is 5.83. The van der Waals surface area contributed by atoms with Crippen LogP contribution in [0.5, 0.6) is 11.5 Å². The van der Waals surface area contributed by atoms with Gasteiger partial charge in [-0.25, -0.2) is 4.79 Å². The van der Waals surface area contributed by atoms with E-state index in [-0.39, 0.29) is 11.4 Å². The first-order chi connectivity index (χ1) is 12.2. The van der Waals surface area contributed by atoms with E-state index < -0.39 is 0 Å². The summed E-state index contributed by atoms with van der Waals surface area (Å²) in [5.74, 6) is 1.33. The molecule has 0 atom stereocenters. The Morgan fingerprint density at radius 3 is 2.42 bits per heavy atom. The van der Waals surface area contributed by atoms with Crippen LogP contribution in [0, 0.1) is 0 Å². The van der Waals surface area contributed by atoms with Gasteiger partial charge in [-0.3, -0.25) is 0 Å². The number of carbonyl (C=O) groups is 1. The number of hydrogen-bond acceptors (Lipinski definition) is 4. The van der Waals surface area contributed by atoms with E-state index in [0.29, 0.717) is 6.61 Å². The summed E-state index contributed by atoms with van der Waals surface area (Å²) in [6.07, 6.45) is 7.17. The van der Waals surface area contributed by atoms with Crippen molar-refractivity contribution in [3.63, 3.8) is 0 Å². The monoisotopic (exact) mass is 358 g/mol. The minimum absolute atomic E-state index is 0.0445. The summed E-state index contributed by atoms with van der Waals surface area (Å²) < 4.78 is 15.9. The molecule has 142 valence electrons. The summed E-state index contributed by atoms with van der Waals surface area (Å²) in [5.41, 5.74) is 2.96. The van der Waals surface area contributed by atoms with Crippen LogP contribution < -0.4 is 9.47 Å². The van der Waals surface area contributed by atoms with Gasteiger partial charge in [-0.15, -0.1) is 0 Å². The van der Waals surface area contributed by atoms with Crippen LogP contribution in [0.2, 0.25) is 0 Å². The molecular weight excluding hydrogens is 328 g/mol. The normalized spacial score (nSPS) is 13.0. The Morgan fingerprint density at radius 2 is 1.85 bits per heavy atom. The summed E-state index contributed by atoms with van der Waals surface area (Å²) in [4.78, 5) is 11.2. The van der Waals surface area contributed by atoms with E-state index in [1.807, 2.05) is 50.3 Å². The van der Waals surface area contributed by atoms with E-state index in [1.54, 1.807) is 7.11 Å². The molecule has 1 aromatic carbocycles. The maximum absolute atomic E-state index is 11.2. The lowest BCUT2D eigenvalue weighted by Crippen LogP contribution is -2.14. The first-order valence-corrected chi connectivity index (χ1v) is 8.58. The fraction of sp³-hybridized carbons (Fsp3) is 0.409. The van der Waals surface area contributed by atoms with E-state index in [4.69, 9.17) is 9.47 Å². The number of rotatable bonds is 7. The third-order valence-electron chi connectivity index (χ3n) is 3.74. The fourth-order valence-corrected chi connectivity index (χ4v) is 2.24. The Bertz CT molecular complexity index is 703. The van der Waals surface area contributed by atoms with Gasteiger partial charge in [0.05, 0.1) is 14.2 Å². The molecule has 0 heterocycles. The van der Waals surface area contributed by atoms with Crippen LogP contribution in [0.25, 0.3) is 0 Å². The topological polar surface area (TPSA) is 44.8 Å². The van der Waals surface area contributed by atoms with Crippen molar-refractivity contribution in [1.29, 1.82) is 0 Å². The van der Waals surface area contributed by atoms with E-state index in [2.05, 4.69) is 25.5 Å². The molecule has 26 heavy (non-hydrogen) atoms. The summed E-state index contributed by atoms with van der Waals surface area (Å²) in [6.45, 7) is 10.8. The summed E-state index contributed by atoms with van der Waals surface area (Å²) in [6, 6.07) is 5.88. The zero-order valence-corrected chi connectivity index (χ0v) is 16.9. The quantitative estimate of drug-likeness (QED) is 0.391. The molecule has 0 saturated heterocycles. The molecule has 0 saturated carbocycles. The molecule has 0 radical (unpaired) electrons. The highest BCUT2D eigenvalue weighted by Crippen LogP contribution is 2.34. The number of carbonyl (C=O) groups excluding carboxylic acids is 1. The standard InChI is InChI=1S/C22H30O4/c1-16(13-21(23)25-7)9-8-10-17(2)15-26-20-12-11-18(24-6)14-19(20)22(3,4)5/h8-14H,15H2,1-7H3/b9-8+,16-13+,17-10+. The highest BCUT2D eigenvalue weighted by atomic mass is 16.5. The van der Waals surface area contributed by atoms with E-state index >= 15 is 0 Å². The van der Waals surface area contributed by atoms with Gasteiger partial charge in [0.15, 0.2) is 0 Å². The van der Waals surface area contributed by atoms with Crippen molar-refractivity contribution in [2.24, 2.45) is 0 Å². The number of hydrogen-bond donors (Lipinski definition) is 0. The number of methoxy groups -OCH3 is 2. The average molecular weight is 358 g/mol. The summed E-state index contributed by atoms with van der Waals surface area (Å²) in [7, 11) is 3.03. The number of allylic oxidation sites excluding steroid dienone is 4. The van der Waals surface area contributed by atoms with Crippen molar-refractivity contribution in [3.05, 3.63) is 59.2 Å². The van der Waals surface area contributed by atoms with Crippen molar-refractivity contribution >= 4 is 5.97 Å². The van der Waals surface area contributed by atoms with Crippen molar-refractivity contribution in [3.8, 4) is 11.5 Å². The number of esters is 1. The molecule has 4 nitrogen and oxygen atoms in total. The van der Waals surface area contributed by atoms with E-state index in [0.717, 1.165) is 28.2 Å². The molecule has 0 aliphatic carbocycles. The Hall–Kier alpha value is -2.49. The van der Waals surface area contributed by atoms with Crippen LogP contribution in [0.15, 0.2) is 53.6 Å². The molecule has 1 rings (SSSR count). The maximum Gasteiger partial charge on any atom is 0.330 e. The second-order valence-corrected chi connectivity index (χ2v) is 7.18. The van der Waals surface area contributed by atoms with Crippen molar-refractivity contribution in [2.75, 3.05) is 20.8 Å².